The highest BCUT2D eigenvalue weighted by Crippen LogP contribution is 2.34. The normalized spacial score (nSPS) is 13.7. The van der Waals surface area contributed by atoms with Crippen LogP contribution in [0.2, 0.25) is 0 Å². The highest BCUT2D eigenvalue weighted by Gasteiger charge is 2.30. The van der Waals surface area contributed by atoms with E-state index >= 15 is 0 Å². The first-order valence-electron chi connectivity index (χ1n) is 10.6. The zero-order valence-corrected chi connectivity index (χ0v) is 17.8. The number of aromatic nitrogens is 1. The Balaban J connectivity index is 1.54. The van der Waals surface area contributed by atoms with Gasteiger partial charge < -0.3 is 10.1 Å². The molecule has 1 heterocycles. The number of nitro benzene ring substituents is 1. The first-order valence-corrected chi connectivity index (χ1v) is 10.6. The zero-order valence-electron chi connectivity index (χ0n) is 17.8. The lowest BCUT2D eigenvalue weighted by atomic mass is 9.96. The molecule has 4 rings (SSSR count). The standard InChI is InChI=1S/C24H20F3N3O4/c25-24(26,27)17-4-1-3-15(11-17)14-29-23(31)16-9-10-28-21(12-16)20-13-19(34-18-5-2-6-18)7-8-22(20)30(32)33/h1,3-4,7-13,18H,2,5-6,14H2,(H,29,31). The molecule has 0 bridgehead atoms. The Morgan fingerprint density at radius 2 is 1.94 bits per heavy atom. The van der Waals surface area contributed by atoms with Gasteiger partial charge in [-0.05, 0) is 61.2 Å². The van der Waals surface area contributed by atoms with Crippen LogP contribution in [0.1, 0.15) is 40.7 Å². The molecule has 34 heavy (non-hydrogen) atoms. The summed E-state index contributed by atoms with van der Waals surface area (Å²) >= 11 is 0. The summed E-state index contributed by atoms with van der Waals surface area (Å²) in [6.45, 7) is -0.120. The van der Waals surface area contributed by atoms with Crippen LogP contribution in [0, 0.1) is 10.1 Å². The maximum atomic E-state index is 12.9. The summed E-state index contributed by atoms with van der Waals surface area (Å²) in [5.74, 6) is -0.0721. The van der Waals surface area contributed by atoms with Gasteiger partial charge in [0.1, 0.15) is 5.75 Å². The van der Waals surface area contributed by atoms with Gasteiger partial charge in [0.15, 0.2) is 0 Å². The molecule has 2 aromatic carbocycles. The first-order chi connectivity index (χ1) is 16.2. The number of alkyl halides is 3. The van der Waals surface area contributed by atoms with Crippen LogP contribution in [-0.2, 0) is 12.7 Å². The highest BCUT2D eigenvalue weighted by molar-refractivity contribution is 5.95. The molecule has 1 N–H and O–H groups in total. The molecule has 3 aromatic rings. The second-order valence-corrected chi connectivity index (χ2v) is 7.92. The molecule has 0 saturated heterocycles. The van der Waals surface area contributed by atoms with Crippen LogP contribution in [0.25, 0.3) is 11.3 Å². The molecule has 1 aliphatic carbocycles. The molecule has 0 spiro atoms. The Morgan fingerprint density at radius 3 is 2.62 bits per heavy atom. The minimum atomic E-state index is -4.48. The Kier molecular flexibility index (Phi) is 6.49. The van der Waals surface area contributed by atoms with Crippen molar-refractivity contribution in [3.05, 3.63) is 87.6 Å². The number of nitrogens with zero attached hydrogens (tertiary/aromatic N) is 2. The molecule has 0 unspecified atom stereocenters. The smallest absolute Gasteiger partial charge is 0.416 e. The number of hydrogen-bond acceptors (Lipinski definition) is 5. The lowest BCUT2D eigenvalue weighted by molar-refractivity contribution is -0.384. The largest absolute Gasteiger partial charge is 0.490 e. The van der Waals surface area contributed by atoms with Crippen LogP contribution in [0.15, 0.2) is 60.8 Å². The molecule has 1 aliphatic rings. The molecular weight excluding hydrogens is 451 g/mol. The maximum Gasteiger partial charge on any atom is 0.416 e. The summed E-state index contributed by atoms with van der Waals surface area (Å²) in [5.41, 5.74) is -0.130. The van der Waals surface area contributed by atoms with Gasteiger partial charge >= 0.3 is 6.18 Å². The van der Waals surface area contributed by atoms with Crippen molar-refractivity contribution in [3.63, 3.8) is 0 Å². The Morgan fingerprint density at radius 1 is 1.15 bits per heavy atom. The maximum absolute atomic E-state index is 12.9. The second kappa shape index (κ2) is 9.50. The Bertz CT molecular complexity index is 1230. The minimum absolute atomic E-state index is 0.0789. The first kappa shape index (κ1) is 23.2. The van der Waals surface area contributed by atoms with Gasteiger partial charge in [-0.25, -0.2) is 0 Å². The van der Waals surface area contributed by atoms with E-state index in [0.29, 0.717) is 5.75 Å². The SMILES string of the molecule is O=C(NCc1cccc(C(F)(F)F)c1)c1ccnc(-c2cc(OC3CCC3)ccc2[N+](=O)[O-])c1. The van der Waals surface area contributed by atoms with Gasteiger partial charge in [-0.3, -0.25) is 19.9 Å². The van der Waals surface area contributed by atoms with E-state index in [9.17, 15) is 28.1 Å². The average Bonchev–Trinajstić information content (AvgIpc) is 2.79. The van der Waals surface area contributed by atoms with Gasteiger partial charge in [-0.1, -0.05) is 12.1 Å². The number of halogens is 3. The molecular formula is C24H20F3N3O4. The summed E-state index contributed by atoms with van der Waals surface area (Å²) in [6, 6.07) is 11.9. The molecule has 7 nitrogen and oxygen atoms in total. The summed E-state index contributed by atoms with van der Waals surface area (Å²) in [4.78, 5) is 27.8. The molecule has 176 valence electrons. The fraction of sp³-hybridized carbons (Fsp3) is 0.250. The van der Waals surface area contributed by atoms with Gasteiger partial charge in [-0.15, -0.1) is 0 Å². The Hall–Kier alpha value is -3.95. The van der Waals surface area contributed by atoms with Gasteiger partial charge in [0, 0.05) is 24.4 Å². The van der Waals surface area contributed by atoms with E-state index in [-0.39, 0.29) is 40.7 Å². The molecule has 1 fully saturated rings. The average molecular weight is 471 g/mol. The van der Waals surface area contributed by atoms with E-state index in [1.165, 1.54) is 48.7 Å². The third-order valence-electron chi connectivity index (χ3n) is 5.53. The summed E-state index contributed by atoms with van der Waals surface area (Å²) in [7, 11) is 0. The number of nitrogens with one attached hydrogen (secondary N) is 1. The van der Waals surface area contributed by atoms with Crippen LogP contribution in [0.3, 0.4) is 0 Å². The van der Waals surface area contributed by atoms with Crippen molar-refractivity contribution in [1.29, 1.82) is 0 Å². The topological polar surface area (TPSA) is 94.4 Å². The van der Waals surface area contributed by atoms with Crippen molar-refractivity contribution < 1.29 is 27.6 Å². The predicted octanol–water partition coefficient (Wildman–Crippen LogP) is 5.54. The number of pyridine rings is 1. The van der Waals surface area contributed by atoms with Gasteiger partial charge in [-0.2, -0.15) is 13.2 Å². The molecule has 0 atom stereocenters. The number of amides is 1. The number of hydrogen-bond donors (Lipinski definition) is 1. The third kappa shape index (κ3) is 5.33. The monoisotopic (exact) mass is 471 g/mol. The second-order valence-electron chi connectivity index (χ2n) is 7.92. The summed E-state index contributed by atoms with van der Waals surface area (Å²) in [5, 5.41) is 14.1. The molecule has 1 aromatic heterocycles. The minimum Gasteiger partial charge on any atom is -0.490 e. The van der Waals surface area contributed by atoms with Crippen molar-refractivity contribution in [2.24, 2.45) is 0 Å². The summed E-state index contributed by atoms with van der Waals surface area (Å²) in [6.07, 6.45) is -0.138. The third-order valence-corrected chi connectivity index (χ3v) is 5.53. The molecule has 1 amide bonds. The van der Waals surface area contributed by atoms with Crippen molar-refractivity contribution in [2.45, 2.75) is 38.1 Å². The number of carbonyl (C=O) groups excluding carboxylic acids is 1. The van der Waals surface area contributed by atoms with Crippen LogP contribution in [-0.4, -0.2) is 21.9 Å². The lowest BCUT2D eigenvalue weighted by Crippen LogP contribution is -2.24. The number of carbonyl (C=O) groups is 1. The van der Waals surface area contributed by atoms with E-state index in [1.54, 1.807) is 0 Å². The molecule has 1 saturated carbocycles. The van der Waals surface area contributed by atoms with Crippen LogP contribution >= 0.6 is 0 Å². The van der Waals surface area contributed by atoms with Gasteiger partial charge in [0.2, 0.25) is 0 Å². The summed E-state index contributed by atoms with van der Waals surface area (Å²) < 4.78 is 44.5. The lowest BCUT2D eigenvalue weighted by Gasteiger charge is -2.26. The van der Waals surface area contributed by atoms with E-state index in [2.05, 4.69) is 10.3 Å². The van der Waals surface area contributed by atoms with Crippen molar-refractivity contribution in [2.75, 3.05) is 0 Å². The number of rotatable bonds is 7. The fourth-order valence-electron chi connectivity index (χ4n) is 3.50. The van der Waals surface area contributed by atoms with E-state index in [0.717, 1.165) is 31.4 Å². The predicted molar refractivity (Wildman–Crippen MR) is 117 cm³/mol. The van der Waals surface area contributed by atoms with Crippen LogP contribution in [0.4, 0.5) is 18.9 Å². The number of ether oxygens (including phenoxy) is 1. The zero-order chi connectivity index (χ0) is 24.3. The molecule has 0 aliphatic heterocycles. The van der Waals surface area contributed by atoms with Crippen LogP contribution < -0.4 is 10.1 Å². The quantitative estimate of drug-likeness (QED) is 0.361. The molecule has 10 heteroatoms. The van der Waals surface area contributed by atoms with Crippen molar-refractivity contribution in [1.82, 2.24) is 10.3 Å². The molecule has 0 radical (unpaired) electrons. The van der Waals surface area contributed by atoms with Gasteiger partial charge in [0.25, 0.3) is 11.6 Å². The van der Waals surface area contributed by atoms with Gasteiger partial charge in [0.05, 0.1) is 27.8 Å². The highest BCUT2D eigenvalue weighted by atomic mass is 19.4. The number of nitro groups is 1. The van der Waals surface area contributed by atoms with E-state index in [1.807, 2.05) is 0 Å². The van der Waals surface area contributed by atoms with Crippen LogP contribution in [0.5, 0.6) is 5.75 Å². The number of benzene rings is 2. The fourth-order valence-corrected chi connectivity index (χ4v) is 3.50. The Labute approximate surface area is 192 Å². The van der Waals surface area contributed by atoms with Crippen molar-refractivity contribution in [3.8, 4) is 17.0 Å². The van der Waals surface area contributed by atoms with E-state index in [4.69, 9.17) is 4.74 Å². The van der Waals surface area contributed by atoms with E-state index < -0.39 is 22.6 Å². The van der Waals surface area contributed by atoms with Crippen molar-refractivity contribution >= 4 is 11.6 Å².